The van der Waals surface area contributed by atoms with E-state index in [2.05, 4.69) is 25.4 Å². The number of carbonyl (C=O) groups is 1. The molecule has 0 bridgehead atoms. The second kappa shape index (κ2) is 6.95. The second-order valence-electron chi connectivity index (χ2n) is 5.35. The molecule has 0 aliphatic heterocycles. The molecule has 25 heavy (non-hydrogen) atoms. The van der Waals surface area contributed by atoms with Gasteiger partial charge in [-0.2, -0.15) is 4.98 Å². The molecular weight excluding hydrogens is 326 g/mol. The zero-order valence-electron chi connectivity index (χ0n) is 13.3. The van der Waals surface area contributed by atoms with Crippen LogP contribution in [0.25, 0.3) is 11.5 Å². The van der Waals surface area contributed by atoms with Crippen LogP contribution >= 0.6 is 0 Å². The largest absolute Gasteiger partial charge is 0.348 e. The fourth-order valence-electron chi connectivity index (χ4n) is 2.26. The Hall–Kier alpha value is -3.49. The summed E-state index contributed by atoms with van der Waals surface area (Å²) in [7, 11) is 0. The molecule has 3 rings (SSSR count). The third-order valence-corrected chi connectivity index (χ3v) is 3.52. The number of carbonyl (C=O) groups excluding carboxylic acids is 1. The van der Waals surface area contributed by atoms with Crippen LogP contribution in [-0.4, -0.2) is 26.0 Å². The van der Waals surface area contributed by atoms with E-state index in [4.69, 9.17) is 4.52 Å². The Balaban J connectivity index is 1.63. The number of aromatic nitrogens is 4. The SMILES string of the molecule is Cc1[nH]c(=O)[nH]c(=O)c1CC(=O)NCc1noc(-c2ccccc2)n1. The number of hydrogen-bond donors (Lipinski definition) is 3. The summed E-state index contributed by atoms with van der Waals surface area (Å²) in [6.45, 7) is 1.63. The van der Waals surface area contributed by atoms with E-state index >= 15 is 0 Å². The molecule has 0 atom stereocenters. The molecule has 0 unspecified atom stereocenters. The van der Waals surface area contributed by atoms with Crippen molar-refractivity contribution in [1.29, 1.82) is 0 Å². The van der Waals surface area contributed by atoms with Crippen LogP contribution in [0.2, 0.25) is 0 Å². The van der Waals surface area contributed by atoms with Crippen molar-refractivity contribution in [3.05, 3.63) is 68.3 Å². The van der Waals surface area contributed by atoms with Gasteiger partial charge in [0.2, 0.25) is 5.91 Å². The molecular formula is C16H15N5O4. The number of amides is 1. The van der Waals surface area contributed by atoms with E-state index in [1.807, 2.05) is 30.3 Å². The highest BCUT2D eigenvalue weighted by molar-refractivity contribution is 5.78. The molecule has 0 aliphatic carbocycles. The number of rotatable bonds is 5. The van der Waals surface area contributed by atoms with Crippen molar-refractivity contribution in [3.8, 4) is 11.5 Å². The maximum atomic E-state index is 12.0. The van der Waals surface area contributed by atoms with Crippen LogP contribution in [0, 0.1) is 6.92 Å². The lowest BCUT2D eigenvalue weighted by molar-refractivity contribution is -0.120. The van der Waals surface area contributed by atoms with Crippen molar-refractivity contribution in [2.45, 2.75) is 19.9 Å². The summed E-state index contributed by atoms with van der Waals surface area (Å²) in [6, 6.07) is 9.25. The Morgan fingerprint density at radius 2 is 1.96 bits per heavy atom. The van der Waals surface area contributed by atoms with Gasteiger partial charge >= 0.3 is 5.69 Å². The highest BCUT2D eigenvalue weighted by Crippen LogP contribution is 2.15. The van der Waals surface area contributed by atoms with Crippen LogP contribution in [0.5, 0.6) is 0 Å². The van der Waals surface area contributed by atoms with Gasteiger partial charge in [0.25, 0.3) is 11.4 Å². The molecule has 128 valence electrons. The smallest absolute Gasteiger partial charge is 0.325 e. The van der Waals surface area contributed by atoms with Crippen molar-refractivity contribution < 1.29 is 9.32 Å². The first-order valence-corrected chi connectivity index (χ1v) is 7.49. The molecule has 1 amide bonds. The second-order valence-corrected chi connectivity index (χ2v) is 5.35. The number of aryl methyl sites for hydroxylation is 1. The van der Waals surface area contributed by atoms with Crippen LogP contribution in [0.15, 0.2) is 44.4 Å². The first-order chi connectivity index (χ1) is 12.0. The van der Waals surface area contributed by atoms with Gasteiger partial charge in [0.1, 0.15) is 0 Å². The molecule has 0 radical (unpaired) electrons. The van der Waals surface area contributed by atoms with Gasteiger partial charge in [-0.25, -0.2) is 4.79 Å². The maximum Gasteiger partial charge on any atom is 0.325 e. The average Bonchev–Trinajstić information content (AvgIpc) is 3.06. The maximum absolute atomic E-state index is 12.0. The zero-order valence-corrected chi connectivity index (χ0v) is 13.3. The van der Waals surface area contributed by atoms with Crippen molar-refractivity contribution in [2.24, 2.45) is 0 Å². The van der Waals surface area contributed by atoms with Gasteiger partial charge in [-0.15, -0.1) is 0 Å². The minimum Gasteiger partial charge on any atom is -0.348 e. The number of benzene rings is 1. The van der Waals surface area contributed by atoms with Gasteiger partial charge in [0, 0.05) is 16.8 Å². The Labute approximate surface area is 141 Å². The van der Waals surface area contributed by atoms with Crippen LogP contribution in [0.1, 0.15) is 17.1 Å². The van der Waals surface area contributed by atoms with Crippen molar-refractivity contribution >= 4 is 5.91 Å². The highest BCUT2D eigenvalue weighted by Gasteiger charge is 2.13. The first-order valence-electron chi connectivity index (χ1n) is 7.49. The molecule has 0 fully saturated rings. The Kier molecular flexibility index (Phi) is 4.55. The molecule has 0 spiro atoms. The molecule has 0 aliphatic rings. The lowest BCUT2D eigenvalue weighted by atomic mass is 10.1. The predicted molar refractivity (Wildman–Crippen MR) is 87.7 cm³/mol. The number of nitrogens with zero attached hydrogens (tertiary/aromatic N) is 2. The number of nitrogens with one attached hydrogen (secondary N) is 3. The summed E-state index contributed by atoms with van der Waals surface area (Å²) in [4.78, 5) is 43.6. The third kappa shape index (κ3) is 3.89. The van der Waals surface area contributed by atoms with Gasteiger partial charge in [0.05, 0.1) is 13.0 Å². The van der Waals surface area contributed by atoms with E-state index in [0.717, 1.165) is 5.56 Å². The minimum absolute atomic E-state index is 0.0650. The molecule has 0 saturated carbocycles. The molecule has 9 nitrogen and oxygen atoms in total. The van der Waals surface area contributed by atoms with Gasteiger partial charge < -0.3 is 14.8 Å². The van der Waals surface area contributed by atoms with Crippen molar-refractivity contribution in [2.75, 3.05) is 0 Å². The van der Waals surface area contributed by atoms with E-state index in [-0.39, 0.29) is 18.5 Å². The first kappa shape index (κ1) is 16.4. The molecule has 1 aromatic carbocycles. The van der Waals surface area contributed by atoms with Crippen molar-refractivity contribution in [3.63, 3.8) is 0 Å². The third-order valence-electron chi connectivity index (χ3n) is 3.52. The Morgan fingerprint density at radius 3 is 2.68 bits per heavy atom. The van der Waals surface area contributed by atoms with Crippen LogP contribution < -0.4 is 16.6 Å². The van der Waals surface area contributed by atoms with E-state index in [1.54, 1.807) is 6.92 Å². The highest BCUT2D eigenvalue weighted by atomic mass is 16.5. The molecule has 0 saturated heterocycles. The predicted octanol–water partition coefficient (Wildman–Crippen LogP) is 0.281. The van der Waals surface area contributed by atoms with Crippen molar-refractivity contribution in [1.82, 2.24) is 25.4 Å². The zero-order chi connectivity index (χ0) is 17.8. The number of hydrogen-bond acceptors (Lipinski definition) is 6. The lowest BCUT2D eigenvalue weighted by Crippen LogP contribution is -2.32. The Morgan fingerprint density at radius 1 is 1.20 bits per heavy atom. The van der Waals surface area contributed by atoms with Gasteiger partial charge in [-0.3, -0.25) is 14.6 Å². The monoisotopic (exact) mass is 341 g/mol. The lowest BCUT2D eigenvalue weighted by Gasteiger charge is -2.04. The summed E-state index contributed by atoms with van der Waals surface area (Å²) >= 11 is 0. The number of H-pyrrole nitrogens is 2. The summed E-state index contributed by atoms with van der Waals surface area (Å²) < 4.78 is 5.15. The Bertz CT molecular complexity index is 1000. The van der Waals surface area contributed by atoms with E-state index in [0.29, 0.717) is 17.4 Å². The summed E-state index contributed by atoms with van der Waals surface area (Å²) in [5.41, 5.74) is 0.155. The van der Waals surface area contributed by atoms with E-state index in [1.165, 1.54) is 0 Å². The minimum atomic E-state index is -0.605. The fraction of sp³-hybridized carbons (Fsp3) is 0.188. The van der Waals surface area contributed by atoms with Crippen LogP contribution in [-0.2, 0) is 17.8 Å². The average molecular weight is 341 g/mol. The summed E-state index contributed by atoms with van der Waals surface area (Å²) in [5, 5.41) is 6.41. The molecule has 9 heteroatoms. The fourth-order valence-corrected chi connectivity index (χ4v) is 2.26. The van der Waals surface area contributed by atoms with Crippen LogP contribution in [0.3, 0.4) is 0 Å². The molecule has 3 N–H and O–H groups in total. The topological polar surface area (TPSA) is 134 Å². The number of aromatic amines is 2. The van der Waals surface area contributed by atoms with E-state index in [9.17, 15) is 14.4 Å². The molecule has 2 aromatic heterocycles. The molecule has 2 heterocycles. The normalized spacial score (nSPS) is 10.6. The van der Waals surface area contributed by atoms with Gasteiger partial charge in [-0.1, -0.05) is 23.4 Å². The van der Waals surface area contributed by atoms with Gasteiger partial charge in [0.15, 0.2) is 5.82 Å². The standard InChI is InChI=1S/C16H15N5O4/c1-9-11(14(23)20-16(24)18-9)7-13(22)17-8-12-19-15(25-21-12)10-5-3-2-4-6-10/h2-6H,7-8H2,1H3,(H,17,22)(H2,18,20,23,24). The van der Waals surface area contributed by atoms with Crippen LogP contribution in [0.4, 0.5) is 0 Å². The molecule has 3 aromatic rings. The quantitative estimate of drug-likeness (QED) is 0.610. The van der Waals surface area contributed by atoms with E-state index < -0.39 is 17.2 Å². The summed E-state index contributed by atoms with van der Waals surface area (Å²) in [5.74, 6) is 0.281. The summed E-state index contributed by atoms with van der Waals surface area (Å²) in [6.07, 6.45) is -0.165. The van der Waals surface area contributed by atoms with Gasteiger partial charge in [-0.05, 0) is 19.1 Å².